The number of halogens is 1. The molecular formula is C13H19ClN2S. The van der Waals surface area contributed by atoms with Crippen LogP contribution in [0.4, 0.5) is 0 Å². The van der Waals surface area contributed by atoms with Gasteiger partial charge in [-0.15, -0.1) is 11.8 Å². The van der Waals surface area contributed by atoms with E-state index in [4.69, 9.17) is 17.3 Å². The van der Waals surface area contributed by atoms with Gasteiger partial charge in [0.1, 0.15) is 0 Å². The first kappa shape index (κ1) is 13.2. The fourth-order valence-corrected chi connectivity index (χ4v) is 3.37. The van der Waals surface area contributed by atoms with E-state index in [1.165, 1.54) is 10.5 Å². The summed E-state index contributed by atoms with van der Waals surface area (Å²) in [7, 11) is 2.17. The summed E-state index contributed by atoms with van der Waals surface area (Å²) in [6.07, 6.45) is 3.22. The van der Waals surface area contributed by atoms with Gasteiger partial charge in [0.05, 0.1) is 0 Å². The van der Waals surface area contributed by atoms with Crippen molar-refractivity contribution < 1.29 is 0 Å². The average Bonchev–Trinajstić information content (AvgIpc) is 2.69. The van der Waals surface area contributed by atoms with E-state index in [0.717, 1.165) is 24.5 Å². The first-order valence-electron chi connectivity index (χ1n) is 5.88. The topological polar surface area (TPSA) is 29.3 Å². The second kappa shape index (κ2) is 5.61. The van der Waals surface area contributed by atoms with E-state index in [2.05, 4.69) is 30.3 Å². The molecule has 94 valence electrons. The van der Waals surface area contributed by atoms with Crippen LogP contribution in [0.25, 0.3) is 0 Å². The SMILES string of the molecule is CSc1cc(Cl)cc(C2CC(CN)CN2C)c1. The molecule has 0 aromatic heterocycles. The van der Waals surface area contributed by atoms with Gasteiger partial charge in [-0.05, 0) is 55.9 Å². The van der Waals surface area contributed by atoms with Crippen molar-refractivity contribution in [3.63, 3.8) is 0 Å². The molecule has 2 unspecified atom stereocenters. The monoisotopic (exact) mass is 270 g/mol. The summed E-state index contributed by atoms with van der Waals surface area (Å²) in [6.45, 7) is 1.86. The molecule has 1 aliphatic heterocycles. The van der Waals surface area contributed by atoms with E-state index in [1.807, 2.05) is 6.07 Å². The minimum atomic E-state index is 0.466. The highest BCUT2D eigenvalue weighted by Crippen LogP contribution is 2.36. The van der Waals surface area contributed by atoms with Crippen molar-refractivity contribution in [2.24, 2.45) is 11.7 Å². The van der Waals surface area contributed by atoms with Crippen molar-refractivity contribution in [2.75, 3.05) is 26.4 Å². The van der Waals surface area contributed by atoms with Gasteiger partial charge < -0.3 is 5.73 Å². The summed E-state index contributed by atoms with van der Waals surface area (Å²) >= 11 is 7.90. The average molecular weight is 271 g/mol. The Hall–Kier alpha value is -0.220. The molecule has 17 heavy (non-hydrogen) atoms. The number of thioether (sulfide) groups is 1. The summed E-state index contributed by atoms with van der Waals surface area (Å²) in [4.78, 5) is 3.62. The van der Waals surface area contributed by atoms with Crippen LogP contribution >= 0.6 is 23.4 Å². The van der Waals surface area contributed by atoms with Gasteiger partial charge in [-0.25, -0.2) is 0 Å². The molecule has 1 aliphatic rings. The Bertz CT molecular complexity index is 397. The zero-order valence-electron chi connectivity index (χ0n) is 10.3. The van der Waals surface area contributed by atoms with Crippen molar-refractivity contribution in [1.29, 1.82) is 0 Å². The molecule has 1 aromatic rings. The normalized spacial score (nSPS) is 25.4. The predicted molar refractivity (Wildman–Crippen MR) is 75.8 cm³/mol. The summed E-state index contributed by atoms with van der Waals surface area (Å²) in [5, 5.41) is 0.830. The zero-order valence-corrected chi connectivity index (χ0v) is 11.9. The van der Waals surface area contributed by atoms with Gasteiger partial charge in [-0.3, -0.25) is 4.90 Å². The van der Waals surface area contributed by atoms with Gasteiger partial charge in [-0.1, -0.05) is 11.6 Å². The fraction of sp³-hybridized carbons (Fsp3) is 0.538. The maximum absolute atomic E-state index is 6.17. The van der Waals surface area contributed by atoms with Crippen LogP contribution in [0, 0.1) is 5.92 Å². The fourth-order valence-electron chi connectivity index (χ4n) is 2.56. The number of nitrogens with zero attached hydrogens (tertiary/aromatic N) is 1. The molecule has 0 aliphatic carbocycles. The Kier molecular flexibility index (Phi) is 4.36. The van der Waals surface area contributed by atoms with Crippen molar-refractivity contribution >= 4 is 23.4 Å². The van der Waals surface area contributed by atoms with Crippen molar-refractivity contribution in [2.45, 2.75) is 17.4 Å². The van der Waals surface area contributed by atoms with Crippen LogP contribution in [0.5, 0.6) is 0 Å². The first-order valence-corrected chi connectivity index (χ1v) is 7.49. The summed E-state index contributed by atoms with van der Waals surface area (Å²) in [5.41, 5.74) is 7.09. The lowest BCUT2D eigenvalue weighted by Gasteiger charge is -2.20. The molecule has 0 spiro atoms. The van der Waals surface area contributed by atoms with E-state index in [0.29, 0.717) is 12.0 Å². The molecule has 1 heterocycles. The highest BCUT2D eigenvalue weighted by atomic mass is 35.5. The maximum atomic E-state index is 6.17. The van der Waals surface area contributed by atoms with Crippen LogP contribution in [0.15, 0.2) is 23.1 Å². The van der Waals surface area contributed by atoms with Crippen LogP contribution in [0.1, 0.15) is 18.0 Å². The van der Waals surface area contributed by atoms with Crippen molar-refractivity contribution in [1.82, 2.24) is 4.90 Å². The van der Waals surface area contributed by atoms with Gasteiger partial charge in [0, 0.05) is 22.5 Å². The van der Waals surface area contributed by atoms with Crippen molar-refractivity contribution in [3.05, 3.63) is 28.8 Å². The van der Waals surface area contributed by atoms with Gasteiger partial charge in [0.2, 0.25) is 0 Å². The maximum Gasteiger partial charge on any atom is 0.0420 e. The molecule has 2 rings (SSSR count). The molecule has 4 heteroatoms. The van der Waals surface area contributed by atoms with Crippen LogP contribution in [0.3, 0.4) is 0 Å². The number of nitrogens with two attached hydrogens (primary N) is 1. The Morgan fingerprint density at radius 2 is 2.24 bits per heavy atom. The Labute approximate surface area is 113 Å². The summed E-state index contributed by atoms with van der Waals surface area (Å²) in [5.74, 6) is 0.613. The quantitative estimate of drug-likeness (QED) is 0.856. The highest BCUT2D eigenvalue weighted by molar-refractivity contribution is 7.98. The lowest BCUT2D eigenvalue weighted by atomic mass is 10.00. The van der Waals surface area contributed by atoms with Gasteiger partial charge in [-0.2, -0.15) is 0 Å². The molecule has 2 atom stereocenters. The van der Waals surface area contributed by atoms with E-state index in [-0.39, 0.29) is 0 Å². The van der Waals surface area contributed by atoms with Crippen LogP contribution < -0.4 is 5.73 Å². The van der Waals surface area contributed by atoms with Gasteiger partial charge in [0.25, 0.3) is 0 Å². The summed E-state index contributed by atoms with van der Waals surface area (Å²) in [6, 6.07) is 6.82. The van der Waals surface area contributed by atoms with Crippen LogP contribution in [0.2, 0.25) is 5.02 Å². The third kappa shape index (κ3) is 2.97. The highest BCUT2D eigenvalue weighted by Gasteiger charge is 2.29. The molecule has 2 nitrogen and oxygen atoms in total. The van der Waals surface area contributed by atoms with E-state index in [9.17, 15) is 0 Å². The molecule has 1 saturated heterocycles. The minimum Gasteiger partial charge on any atom is -0.330 e. The smallest absolute Gasteiger partial charge is 0.0420 e. The first-order chi connectivity index (χ1) is 8.13. The molecule has 0 amide bonds. The molecule has 2 N–H and O–H groups in total. The molecule has 1 fully saturated rings. The standard InChI is InChI=1S/C13H19ClN2S/c1-16-8-9(7-15)3-13(16)10-4-11(14)6-12(5-10)17-2/h4-6,9,13H,3,7-8,15H2,1-2H3. The molecular weight excluding hydrogens is 252 g/mol. The lowest BCUT2D eigenvalue weighted by Crippen LogP contribution is -2.20. The Morgan fingerprint density at radius 3 is 2.82 bits per heavy atom. The Morgan fingerprint density at radius 1 is 1.47 bits per heavy atom. The number of likely N-dealkylation sites (tertiary alicyclic amines) is 1. The number of benzene rings is 1. The largest absolute Gasteiger partial charge is 0.330 e. The molecule has 1 aromatic carbocycles. The van der Waals surface area contributed by atoms with Crippen LogP contribution in [-0.4, -0.2) is 31.3 Å². The summed E-state index contributed by atoms with van der Waals surface area (Å²) < 4.78 is 0. The number of rotatable bonds is 3. The number of hydrogen-bond acceptors (Lipinski definition) is 3. The van der Waals surface area contributed by atoms with Gasteiger partial charge in [0.15, 0.2) is 0 Å². The molecule has 0 radical (unpaired) electrons. The van der Waals surface area contributed by atoms with Crippen molar-refractivity contribution in [3.8, 4) is 0 Å². The van der Waals surface area contributed by atoms with E-state index in [1.54, 1.807) is 11.8 Å². The molecule has 0 saturated carbocycles. The van der Waals surface area contributed by atoms with E-state index >= 15 is 0 Å². The second-order valence-corrected chi connectivity index (χ2v) is 6.03. The third-order valence-corrected chi connectivity index (χ3v) is 4.41. The van der Waals surface area contributed by atoms with Crippen LogP contribution in [-0.2, 0) is 0 Å². The second-order valence-electron chi connectivity index (χ2n) is 4.72. The van der Waals surface area contributed by atoms with E-state index < -0.39 is 0 Å². The lowest BCUT2D eigenvalue weighted by molar-refractivity contribution is 0.313. The third-order valence-electron chi connectivity index (χ3n) is 3.48. The minimum absolute atomic E-state index is 0.466. The molecule has 0 bridgehead atoms. The zero-order chi connectivity index (χ0) is 12.4. The predicted octanol–water partition coefficient (Wildman–Crippen LogP) is 3.01. The van der Waals surface area contributed by atoms with Gasteiger partial charge >= 0.3 is 0 Å². The Balaban J connectivity index is 2.24. The number of hydrogen-bond donors (Lipinski definition) is 1.